The second kappa shape index (κ2) is 5.31. The van der Waals surface area contributed by atoms with Gasteiger partial charge in [-0.15, -0.1) is 0 Å². The van der Waals surface area contributed by atoms with E-state index in [2.05, 4.69) is 35.3 Å². The number of nitrogens with one attached hydrogen (secondary N) is 1. The van der Waals surface area contributed by atoms with Crippen molar-refractivity contribution < 1.29 is 4.74 Å². The van der Waals surface area contributed by atoms with Gasteiger partial charge in [-0.25, -0.2) is 0 Å². The Kier molecular flexibility index (Phi) is 3.70. The predicted octanol–water partition coefficient (Wildman–Crippen LogP) is 2.78. The smallest absolute Gasteiger partial charge is 0.0643 e. The Bertz CT molecular complexity index is 451. The number of halogens is 1. The molecule has 1 aromatic carbocycles. The lowest BCUT2D eigenvalue weighted by Gasteiger charge is -2.31. The minimum atomic E-state index is 0.0905. The first-order valence-electron chi connectivity index (χ1n) is 7.07. The lowest BCUT2D eigenvalue weighted by atomic mass is 9.90. The molecule has 2 fully saturated rings. The van der Waals surface area contributed by atoms with Gasteiger partial charge >= 0.3 is 0 Å². The molecule has 0 aliphatic carbocycles. The number of nitrogens with zero attached hydrogens (tertiary/aromatic N) is 1. The average molecular weight is 281 g/mol. The maximum atomic E-state index is 6.49. The second-order valence-corrected chi connectivity index (χ2v) is 6.04. The Labute approximate surface area is 119 Å². The van der Waals surface area contributed by atoms with Crippen LogP contribution in [0.2, 0.25) is 5.02 Å². The first kappa shape index (κ1) is 13.2. The normalized spacial score (nSPS) is 27.8. The van der Waals surface area contributed by atoms with Crippen LogP contribution in [0.25, 0.3) is 0 Å². The van der Waals surface area contributed by atoms with Crippen molar-refractivity contribution in [3.8, 4) is 0 Å². The molecule has 1 N–H and O–H groups in total. The molecule has 0 radical (unpaired) electrons. The molecule has 3 rings (SSSR count). The molecule has 0 bridgehead atoms. The molecule has 19 heavy (non-hydrogen) atoms. The first-order valence-corrected chi connectivity index (χ1v) is 7.45. The zero-order valence-corrected chi connectivity index (χ0v) is 12.2. The maximum Gasteiger partial charge on any atom is 0.0643 e. The fraction of sp³-hybridized carbons (Fsp3) is 0.600. The zero-order valence-electron chi connectivity index (χ0n) is 11.4. The monoisotopic (exact) mass is 280 g/mol. The maximum absolute atomic E-state index is 6.49. The van der Waals surface area contributed by atoms with Gasteiger partial charge in [-0.05, 0) is 44.0 Å². The van der Waals surface area contributed by atoms with Gasteiger partial charge in [0, 0.05) is 18.6 Å². The number of ether oxygens (including phenoxy) is 1. The van der Waals surface area contributed by atoms with E-state index in [-0.39, 0.29) is 5.54 Å². The number of rotatable bonds is 2. The summed E-state index contributed by atoms with van der Waals surface area (Å²) in [5, 5.41) is 4.44. The lowest BCUT2D eigenvalue weighted by Crippen LogP contribution is -2.37. The largest absolute Gasteiger partial charge is 0.378 e. The molecule has 3 nitrogen and oxygen atoms in total. The zero-order chi connectivity index (χ0) is 13.3. The third-order valence-electron chi connectivity index (χ3n) is 4.31. The SMILES string of the molecule is CC1(c2ccc(N3CCOCC3)c(Cl)c2)CCCN1. The number of morpholine rings is 1. The van der Waals surface area contributed by atoms with Gasteiger partial charge in [0.2, 0.25) is 0 Å². The van der Waals surface area contributed by atoms with E-state index in [1.165, 1.54) is 18.4 Å². The standard InChI is InChI=1S/C15H21ClN2O/c1-15(5-2-6-17-15)12-3-4-14(13(16)11-12)18-7-9-19-10-8-18/h3-4,11,17H,2,5-10H2,1H3. The molecule has 2 aliphatic heterocycles. The Morgan fingerprint density at radius 2 is 2.11 bits per heavy atom. The van der Waals surface area contributed by atoms with Crippen LogP contribution in [0.3, 0.4) is 0 Å². The topological polar surface area (TPSA) is 24.5 Å². The molecule has 1 unspecified atom stereocenters. The Morgan fingerprint density at radius 1 is 1.32 bits per heavy atom. The van der Waals surface area contributed by atoms with E-state index >= 15 is 0 Å². The summed E-state index contributed by atoms with van der Waals surface area (Å²) in [5.41, 5.74) is 2.52. The van der Waals surface area contributed by atoms with E-state index in [0.29, 0.717) is 0 Å². The number of anilines is 1. The molecule has 1 aromatic rings. The highest BCUT2D eigenvalue weighted by atomic mass is 35.5. The van der Waals surface area contributed by atoms with Gasteiger partial charge in [-0.1, -0.05) is 17.7 Å². The molecular weight excluding hydrogens is 260 g/mol. The van der Waals surface area contributed by atoms with Crippen LogP contribution in [-0.2, 0) is 10.3 Å². The summed E-state index contributed by atoms with van der Waals surface area (Å²) in [6.45, 7) is 6.79. The Balaban J connectivity index is 1.85. The molecule has 2 saturated heterocycles. The summed E-state index contributed by atoms with van der Waals surface area (Å²) >= 11 is 6.49. The summed E-state index contributed by atoms with van der Waals surface area (Å²) in [6.07, 6.45) is 2.42. The van der Waals surface area contributed by atoms with Gasteiger partial charge in [0.05, 0.1) is 23.9 Å². The van der Waals surface area contributed by atoms with Gasteiger partial charge in [0.15, 0.2) is 0 Å². The summed E-state index contributed by atoms with van der Waals surface area (Å²) in [5.74, 6) is 0. The van der Waals surface area contributed by atoms with Crippen molar-refractivity contribution in [2.75, 3.05) is 37.7 Å². The highest BCUT2D eigenvalue weighted by Crippen LogP contribution is 2.35. The van der Waals surface area contributed by atoms with E-state index in [0.717, 1.165) is 43.6 Å². The average Bonchev–Trinajstić information content (AvgIpc) is 2.88. The molecular formula is C15H21ClN2O. The molecule has 0 saturated carbocycles. The fourth-order valence-corrected chi connectivity index (χ4v) is 3.35. The van der Waals surface area contributed by atoms with Crippen molar-refractivity contribution in [3.63, 3.8) is 0 Å². The Morgan fingerprint density at radius 3 is 2.74 bits per heavy atom. The van der Waals surface area contributed by atoms with Crippen LogP contribution in [0.5, 0.6) is 0 Å². The predicted molar refractivity (Wildman–Crippen MR) is 79.1 cm³/mol. The molecule has 0 spiro atoms. The third-order valence-corrected chi connectivity index (χ3v) is 4.61. The minimum Gasteiger partial charge on any atom is -0.378 e. The Hall–Kier alpha value is -0.770. The van der Waals surface area contributed by atoms with Crippen molar-refractivity contribution in [2.45, 2.75) is 25.3 Å². The highest BCUT2D eigenvalue weighted by Gasteiger charge is 2.30. The van der Waals surface area contributed by atoms with Crippen LogP contribution < -0.4 is 10.2 Å². The van der Waals surface area contributed by atoms with Crippen molar-refractivity contribution in [1.82, 2.24) is 5.32 Å². The van der Waals surface area contributed by atoms with Gasteiger partial charge in [-0.2, -0.15) is 0 Å². The summed E-state index contributed by atoms with van der Waals surface area (Å²) < 4.78 is 5.39. The van der Waals surface area contributed by atoms with Crippen molar-refractivity contribution in [1.29, 1.82) is 0 Å². The van der Waals surface area contributed by atoms with Crippen LogP contribution in [0, 0.1) is 0 Å². The minimum absolute atomic E-state index is 0.0905. The second-order valence-electron chi connectivity index (χ2n) is 5.63. The van der Waals surface area contributed by atoms with E-state index < -0.39 is 0 Å². The summed E-state index contributed by atoms with van der Waals surface area (Å²) in [7, 11) is 0. The van der Waals surface area contributed by atoms with Crippen molar-refractivity contribution in [2.24, 2.45) is 0 Å². The van der Waals surface area contributed by atoms with Gasteiger partial charge in [-0.3, -0.25) is 0 Å². The lowest BCUT2D eigenvalue weighted by molar-refractivity contribution is 0.122. The summed E-state index contributed by atoms with van der Waals surface area (Å²) in [4.78, 5) is 2.31. The quantitative estimate of drug-likeness (QED) is 0.902. The van der Waals surface area contributed by atoms with Crippen molar-refractivity contribution >= 4 is 17.3 Å². The molecule has 4 heteroatoms. The molecule has 2 heterocycles. The third kappa shape index (κ3) is 2.60. The fourth-order valence-electron chi connectivity index (χ4n) is 3.05. The van der Waals surface area contributed by atoms with E-state index in [1.807, 2.05) is 0 Å². The number of benzene rings is 1. The van der Waals surface area contributed by atoms with Crippen molar-refractivity contribution in [3.05, 3.63) is 28.8 Å². The molecule has 104 valence electrons. The van der Waals surface area contributed by atoms with Gasteiger partial charge in [0.25, 0.3) is 0 Å². The highest BCUT2D eigenvalue weighted by molar-refractivity contribution is 6.33. The van der Waals surface area contributed by atoms with Gasteiger partial charge < -0.3 is 15.0 Å². The van der Waals surface area contributed by atoms with Crippen LogP contribution in [0.4, 0.5) is 5.69 Å². The van der Waals surface area contributed by atoms with Crippen LogP contribution in [0.1, 0.15) is 25.3 Å². The van der Waals surface area contributed by atoms with Crippen LogP contribution in [0.15, 0.2) is 18.2 Å². The molecule has 2 aliphatic rings. The van der Waals surface area contributed by atoms with Gasteiger partial charge in [0.1, 0.15) is 0 Å². The number of hydrogen-bond acceptors (Lipinski definition) is 3. The first-order chi connectivity index (χ1) is 9.19. The van der Waals surface area contributed by atoms with Crippen LogP contribution >= 0.6 is 11.6 Å². The number of hydrogen-bond donors (Lipinski definition) is 1. The molecule has 0 aromatic heterocycles. The van der Waals surface area contributed by atoms with E-state index in [4.69, 9.17) is 16.3 Å². The van der Waals surface area contributed by atoms with Crippen LogP contribution in [-0.4, -0.2) is 32.8 Å². The van der Waals surface area contributed by atoms with E-state index in [1.54, 1.807) is 0 Å². The van der Waals surface area contributed by atoms with E-state index in [9.17, 15) is 0 Å². The summed E-state index contributed by atoms with van der Waals surface area (Å²) in [6, 6.07) is 6.51. The molecule has 0 amide bonds. The molecule has 1 atom stereocenters.